The summed E-state index contributed by atoms with van der Waals surface area (Å²) in [6.45, 7) is 2.34. The van der Waals surface area contributed by atoms with Crippen LogP contribution in [-0.4, -0.2) is 71.6 Å². The Morgan fingerprint density at radius 1 is 1.21 bits per heavy atom. The number of rotatable bonds is 8. The van der Waals surface area contributed by atoms with Gasteiger partial charge in [0.2, 0.25) is 0 Å². The minimum Gasteiger partial charge on any atom is -0.494 e. The maximum atomic E-state index is 13.4. The predicted molar refractivity (Wildman–Crippen MR) is 151 cm³/mol. The van der Waals surface area contributed by atoms with E-state index in [0.29, 0.717) is 47.2 Å². The Hall–Kier alpha value is -2.89. The van der Waals surface area contributed by atoms with Crippen LogP contribution < -0.4 is 10.5 Å². The van der Waals surface area contributed by atoms with Crippen molar-refractivity contribution in [3.8, 4) is 17.3 Å². The molecule has 1 aliphatic heterocycles. The van der Waals surface area contributed by atoms with Gasteiger partial charge >= 0.3 is 0 Å². The number of nitrogens with zero attached hydrogens (tertiary/aromatic N) is 4. The third kappa shape index (κ3) is 4.83. The van der Waals surface area contributed by atoms with Gasteiger partial charge in [0.15, 0.2) is 5.82 Å². The Labute approximate surface area is 226 Å². The maximum absolute atomic E-state index is 13.4. The number of hydrogen-bond donors (Lipinski definition) is 1. The molecule has 1 aromatic carbocycles. The molecular weight excluding hydrogens is 522 g/mol. The molecule has 1 aliphatic carbocycles. The van der Waals surface area contributed by atoms with Gasteiger partial charge in [0.1, 0.15) is 25.9 Å². The molecule has 11 heteroatoms. The summed E-state index contributed by atoms with van der Waals surface area (Å²) in [5.41, 5.74) is 8.90. The number of imidazole rings is 1. The topological polar surface area (TPSA) is 112 Å². The van der Waals surface area contributed by atoms with Gasteiger partial charge in [0.05, 0.1) is 24.1 Å². The van der Waals surface area contributed by atoms with Crippen molar-refractivity contribution in [3.05, 3.63) is 35.2 Å². The van der Waals surface area contributed by atoms with E-state index in [1.54, 1.807) is 35.5 Å². The van der Waals surface area contributed by atoms with Gasteiger partial charge in [-0.2, -0.15) is 0 Å². The molecule has 0 bridgehead atoms. The standard InChI is InChI=1S/C27H33N5O4S2/c1-36-23-14-19(26(33)30-8-3-4-20(28)16-30)12-21-24(23)31(9-11-38(2,34)35)25(29-21)22-13-18-7-10-37-27(18)32(22)15-17-5-6-17/h7,10,12-14,17,20H,3-6,8-9,11,15-16,28H2,1-2H3/t20-/m1/s1. The van der Waals surface area contributed by atoms with Crippen LogP contribution in [0.1, 0.15) is 36.0 Å². The summed E-state index contributed by atoms with van der Waals surface area (Å²) in [4.78, 5) is 21.5. The van der Waals surface area contributed by atoms with Gasteiger partial charge in [-0.1, -0.05) is 0 Å². The smallest absolute Gasteiger partial charge is 0.254 e. The van der Waals surface area contributed by atoms with Gasteiger partial charge in [-0.15, -0.1) is 11.3 Å². The first-order valence-corrected chi connectivity index (χ1v) is 16.0. The summed E-state index contributed by atoms with van der Waals surface area (Å²) in [6.07, 6.45) is 5.47. The third-order valence-electron chi connectivity index (χ3n) is 7.57. The van der Waals surface area contributed by atoms with Gasteiger partial charge in [-0.25, -0.2) is 13.4 Å². The summed E-state index contributed by atoms with van der Waals surface area (Å²) in [5, 5.41) is 3.24. The molecule has 2 N–H and O–H groups in total. The average Bonchev–Trinajstić information content (AvgIpc) is 3.30. The molecule has 0 spiro atoms. The van der Waals surface area contributed by atoms with Crippen molar-refractivity contribution >= 4 is 48.3 Å². The highest BCUT2D eigenvalue weighted by atomic mass is 32.2. The highest BCUT2D eigenvalue weighted by Crippen LogP contribution is 2.39. The Morgan fingerprint density at radius 3 is 2.74 bits per heavy atom. The van der Waals surface area contributed by atoms with E-state index >= 15 is 0 Å². The van der Waals surface area contributed by atoms with E-state index in [9.17, 15) is 13.2 Å². The number of nitrogens with two attached hydrogens (primary N) is 1. The minimum absolute atomic E-state index is 0.0201. The van der Waals surface area contributed by atoms with Crippen molar-refractivity contribution in [2.24, 2.45) is 11.7 Å². The van der Waals surface area contributed by atoms with Crippen LogP contribution in [0, 0.1) is 5.92 Å². The van der Waals surface area contributed by atoms with E-state index in [2.05, 4.69) is 22.1 Å². The number of likely N-dealkylation sites (tertiary alicyclic amines) is 1. The fourth-order valence-electron chi connectivity index (χ4n) is 5.46. The van der Waals surface area contributed by atoms with Crippen LogP contribution in [0.3, 0.4) is 0 Å². The number of sulfone groups is 1. The Morgan fingerprint density at radius 2 is 2.03 bits per heavy atom. The van der Waals surface area contributed by atoms with Crippen LogP contribution in [0.5, 0.6) is 5.75 Å². The van der Waals surface area contributed by atoms with Gasteiger partial charge in [-0.05, 0) is 61.2 Å². The lowest BCUT2D eigenvalue weighted by molar-refractivity contribution is 0.0708. The minimum atomic E-state index is -3.23. The fraction of sp³-hybridized carbons (Fsp3) is 0.481. The van der Waals surface area contributed by atoms with E-state index in [0.717, 1.165) is 30.5 Å². The number of amides is 1. The van der Waals surface area contributed by atoms with Crippen LogP contribution >= 0.6 is 11.3 Å². The van der Waals surface area contributed by atoms with E-state index in [1.165, 1.54) is 23.9 Å². The van der Waals surface area contributed by atoms with E-state index in [4.69, 9.17) is 15.5 Å². The molecule has 1 saturated carbocycles. The second-order valence-corrected chi connectivity index (χ2v) is 13.8. The maximum Gasteiger partial charge on any atom is 0.254 e. The third-order valence-corrected chi connectivity index (χ3v) is 9.45. The molecule has 2 fully saturated rings. The number of ether oxygens (including phenoxy) is 1. The van der Waals surface area contributed by atoms with Crippen LogP contribution in [0.2, 0.25) is 0 Å². The number of aromatic nitrogens is 3. The zero-order valence-electron chi connectivity index (χ0n) is 21.7. The monoisotopic (exact) mass is 555 g/mol. The van der Waals surface area contributed by atoms with Crippen molar-refractivity contribution in [2.75, 3.05) is 32.2 Å². The number of hydrogen-bond acceptors (Lipinski definition) is 7. The summed E-state index contributed by atoms with van der Waals surface area (Å²) in [7, 11) is -1.66. The first-order valence-electron chi connectivity index (χ1n) is 13.1. The molecule has 4 aromatic rings. The number of carbonyl (C=O) groups excluding carboxylic acids is 1. The second-order valence-electron chi connectivity index (χ2n) is 10.7. The summed E-state index contributed by atoms with van der Waals surface area (Å²) in [5.74, 6) is 1.72. The van der Waals surface area contributed by atoms with Gasteiger partial charge in [0, 0.05) is 49.4 Å². The first kappa shape index (κ1) is 25.4. The van der Waals surface area contributed by atoms with Crippen LogP contribution in [0.4, 0.5) is 0 Å². The predicted octanol–water partition coefficient (Wildman–Crippen LogP) is 3.75. The van der Waals surface area contributed by atoms with Gasteiger partial charge in [0.25, 0.3) is 5.91 Å². The lowest BCUT2D eigenvalue weighted by Gasteiger charge is -2.30. The number of methoxy groups -OCH3 is 1. The van der Waals surface area contributed by atoms with E-state index in [1.807, 2.05) is 4.57 Å². The molecule has 38 heavy (non-hydrogen) atoms. The van der Waals surface area contributed by atoms with Crippen molar-refractivity contribution in [1.29, 1.82) is 0 Å². The summed E-state index contributed by atoms with van der Waals surface area (Å²) >= 11 is 1.70. The van der Waals surface area contributed by atoms with Crippen molar-refractivity contribution in [3.63, 3.8) is 0 Å². The first-order chi connectivity index (χ1) is 18.2. The van der Waals surface area contributed by atoms with Crippen molar-refractivity contribution < 1.29 is 17.9 Å². The lowest BCUT2D eigenvalue weighted by Crippen LogP contribution is -2.45. The van der Waals surface area contributed by atoms with Crippen molar-refractivity contribution in [1.82, 2.24) is 19.0 Å². The Kier molecular flexibility index (Phi) is 6.48. The molecule has 3 aromatic heterocycles. The molecule has 6 rings (SSSR count). The van der Waals surface area contributed by atoms with Gasteiger partial charge in [-0.3, -0.25) is 4.79 Å². The van der Waals surface area contributed by atoms with Gasteiger partial charge < -0.3 is 24.5 Å². The molecule has 0 unspecified atom stereocenters. The molecule has 1 saturated heterocycles. The molecule has 4 heterocycles. The van der Waals surface area contributed by atoms with E-state index in [-0.39, 0.29) is 24.2 Å². The zero-order valence-corrected chi connectivity index (χ0v) is 23.4. The Bertz CT molecular complexity index is 1630. The quantitative estimate of drug-likeness (QED) is 0.354. The lowest BCUT2D eigenvalue weighted by atomic mass is 10.0. The highest BCUT2D eigenvalue weighted by Gasteiger charge is 2.29. The molecule has 9 nitrogen and oxygen atoms in total. The number of benzene rings is 1. The summed E-state index contributed by atoms with van der Waals surface area (Å²) in [6, 6.07) is 7.77. The molecule has 0 radical (unpaired) electrons. The largest absolute Gasteiger partial charge is 0.494 e. The van der Waals surface area contributed by atoms with Crippen LogP contribution in [-0.2, 0) is 22.9 Å². The number of fused-ring (bicyclic) bond motifs is 2. The molecule has 1 amide bonds. The van der Waals surface area contributed by atoms with Crippen LogP contribution in [0.15, 0.2) is 29.6 Å². The van der Waals surface area contributed by atoms with Crippen molar-refractivity contribution in [2.45, 2.75) is 44.8 Å². The number of carbonyl (C=O) groups is 1. The second kappa shape index (κ2) is 9.69. The number of piperidine rings is 1. The normalized spacial score (nSPS) is 18.5. The summed E-state index contributed by atoms with van der Waals surface area (Å²) < 4.78 is 34.5. The molecular formula is C27H33N5O4S2. The zero-order chi connectivity index (χ0) is 26.6. The van der Waals surface area contributed by atoms with E-state index < -0.39 is 9.84 Å². The molecule has 2 aliphatic rings. The molecule has 1 atom stereocenters. The fourth-order valence-corrected chi connectivity index (χ4v) is 6.88. The van der Waals surface area contributed by atoms with Crippen LogP contribution in [0.25, 0.3) is 32.8 Å². The molecule has 202 valence electrons. The average molecular weight is 556 g/mol. The number of aryl methyl sites for hydroxylation is 1. The SMILES string of the molecule is COc1cc(C(=O)N2CCC[C@@H](N)C2)cc2nc(-c3cc4ccsc4n3CC3CC3)n(CCS(C)(=O)=O)c12. The number of thiophene rings is 1. The Balaban J connectivity index is 1.51. The highest BCUT2D eigenvalue weighted by molar-refractivity contribution is 7.90.